The van der Waals surface area contributed by atoms with E-state index >= 15 is 0 Å². The van der Waals surface area contributed by atoms with Crippen molar-refractivity contribution in [1.82, 2.24) is 10.2 Å². The Morgan fingerprint density at radius 3 is 2.43 bits per heavy atom. The molecule has 82 valence electrons. The highest BCUT2D eigenvalue weighted by atomic mass is 32.2. The summed E-state index contributed by atoms with van der Waals surface area (Å²) >= 11 is 0. The van der Waals surface area contributed by atoms with Crippen LogP contribution < -0.4 is 5.32 Å². The van der Waals surface area contributed by atoms with Crippen LogP contribution in [0.5, 0.6) is 0 Å². The Morgan fingerprint density at radius 1 is 1.29 bits per heavy atom. The van der Waals surface area contributed by atoms with Crippen molar-refractivity contribution >= 4 is 9.84 Å². The minimum absolute atomic E-state index is 0.0626. The van der Waals surface area contributed by atoms with E-state index in [-0.39, 0.29) is 11.5 Å². The maximum atomic E-state index is 11.2. The molecule has 2 fully saturated rings. The van der Waals surface area contributed by atoms with Gasteiger partial charge in [0.15, 0.2) is 16.2 Å². The Balaban J connectivity index is 2.12. The quantitative estimate of drug-likeness (QED) is 0.448. The lowest BCUT2D eigenvalue weighted by Gasteiger charge is -2.27. The van der Waals surface area contributed by atoms with Crippen molar-refractivity contribution in [2.24, 2.45) is 0 Å². The van der Waals surface area contributed by atoms with Gasteiger partial charge in [-0.3, -0.25) is 10.2 Å². The van der Waals surface area contributed by atoms with Gasteiger partial charge in [0.1, 0.15) is 0 Å². The Hall–Kier alpha value is -0.210. The summed E-state index contributed by atoms with van der Waals surface area (Å²) in [6.07, 6.45) is -1.71. The summed E-state index contributed by atoms with van der Waals surface area (Å²) in [5, 5.41) is 21.8. The molecule has 0 radical (unpaired) electrons. The Morgan fingerprint density at radius 2 is 2.00 bits per heavy atom. The average Bonchev–Trinajstić information content (AvgIpc) is 2.55. The summed E-state index contributed by atoms with van der Waals surface area (Å²) in [5.74, 6) is -0.256. The van der Waals surface area contributed by atoms with Crippen molar-refractivity contribution in [1.29, 1.82) is 0 Å². The first-order chi connectivity index (χ1) is 6.49. The number of hydrogen-bond donors (Lipinski definition) is 3. The Bertz CT molecular complexity index is 318. The predicted molar refractivity (Wildman–Crippen MR) is 49.2 cm³/mol. The van der Waals surface area contributed by atoms with E-state index in [1.165, 1.54) is 0 Å². The second-order valence-corrected chi connectivity index (χ2v) is 5.93. The molecule has 0 aromatic carbocycles. The van der Waals surface area contributed by atoms with Gasteiger partial charge >= 0.3 is 0 Å². The van der Waals surface area contributed by atoms with Crippen molar-refractivity contribution in [2.45, 2.75) is 18.5 Å². The highest BCUT2D eigenvalue weighted by Gasteiger charge is 2.43. The molecule has 6 nitrogen and oxygen atoms in total. The smallest absolute Gasteiger partial charge is 0.163 e. The van der Waals surface area contributed by atoms with Gasteiger partial charge in [-0.2, -0.15) is 0 Å². The summed E-state index contributed by atoms with van der Waals surface area (Å²) in [7, 11) is -3.14. The number of rotatable bonds is 1. The van der Waals surface area contributed by atoms with Gasteiger partial charge in [0.05, 0.1) is 23.7 Å². The minimum atomic E-state index is -3.14. The maximum Gasteiger partial charge on any atom is 0.163 e. The number of nitrogens with one attached hydrogen (secondary N) is 1. The van der Waals surface area contributed by atoms with Crippen LogP contribution in [0.1, 0.15) is 0 Å². The molecule has 0 aliphatic carbocycles. The molecule has 0 spiro atoms. The fraction of sp³-hybridized carbons (Fsp3) is 1.00. The van der Waals surface area contributed by atoms with E-state index in [2.05, 4.69) is 5.32 Å². The molecule has 2 heterocycles. The molecule has 7 heteroatoms. The summed E-state index contributed by atoms with van der Waals surface area (Å²) < 4.78 is 22.5. The monoisotopic (exact) mass is 222 g/mol. The highest BCUT2D eigenvalue weighted by molar-refractivity contribution is 7.91. The molecule has 0 unspecified atom stereocenters. The Labute approximate surface area is 82.4 Å². The number of aliphatic hydroxyl groups is 2. The van der Waals surface area contributed by atoms with Crippen molar-refractivity contribution in [3.63, 3.8) is 0 Å². The third kappa shape index (κ3) is 1.78. The van der Waals surface area contributed by atoms with Crippen LogP contribution in [0.2, 0.25) is 0 Å². The van der Waals surface area contributed by atoms with Crippen LogP contribution in [0, 0.1) is 0 Å². The molecular weight excluding hydrogens is 208 g/mol. The molecule has 0 amide bonds. The normalized spacial score (nSPS) is 43.1. The van der Waals surface area contributed by atoms with Gasteiger partial charge in [-0.05, 0) is 0 Å². The molecule has 0 aromatic heterocycles. The SMILES string of the molecule is O=S1(=O)C[C@@H](N2CCN[C@@H]2O)[C@@H](O)C1. The number of nitrogens with zero attached hydrogens (tertiary/aromatic N) is 1. The van der Waals surface area contributed by atoms with Gasteiger partial charge in [-0.1, -0.05) is 0 Å². The molecule has 14 heavy (non-hydrogen) atoms. The number of hydrogen-bond acceptors (Lipinski definition) is 6. The first-order valence-corrected chi connectivity index (χ1v) is 6.37. The molecule has 3 N–H and O–H groups in total. The summed E-state index contributed by atoms with van der Waals surface area (Å²) in [5.41, 5.74) is 0. The van der Waals surface area contributed by atoms with Crippen LogP contribution in [0.3, 0.4) is 0 Å². The molecule has 2 rings (SSSR count). The number of aliphatic hydroxyl groups excluding tert-OH is 2. The number of sulfone groups is 1. The second-order valence-electron chi connectivity index (χ2n) is 3.78. The van der Waals surface area contributed by atoms with Gasteiger partial charge in [0.25, 0.3) is 0 Å². The van der Waals surface area contributed by atoms with E-state index in [9.17, 15) is 18.6 Å². The Kier molecular flexibility index (Phi) is 2.52. The highest BCUT2D eigenvalue weighted by Crippen LogP contribution is 2.20. The van der Waals surface area contributed by atoms with Crippen LogP contribution in [-0.4, -0.2) is 66.6 Å². The van der Waals surface area contributed by atoms with E-state index < -0.39 is 28.3 Å². The van der Waals surface area contributed by atoms with Crippen LogP contribution >= 0.6 is 0 Å². The van der Waals surface area contributed by atoms with Crippen LogP contribution in [0.25, 0.3) is 0 Å². The molecule has 0 aromatic rings. The first-order valence-electron chi connectivity index (χ1n) is 4.55. The van der Waals surface area contributed by atoms with E-state index in [1.807, 2.05) is 0 Å². The third-order valence-corrected chi connectivity index (χ3v) is 4.43. The maximum absolute atomic E-state index is 11.2. The van der Waals surface area contributed by atoms with E-state index in [1.54, 1.807) is 4.90 Å². The van der Waals surface area contributed by atoms with Crippen LogP contribution in [0.4, 0.5) is 0 Å². The van der Waals surface area contributed by atoms with E-state index in [4.69, 9.17) is 0 Å². The third-order valence-electron chi connectivity index (χ3n) is 2.73. The molecule has 2 aliphatic heterocycles. The predicted octanol–water partition coefficient (Wildman–Crippen LogP) is -2.67. The van der Waals surface area contributed by atoms with Gasteiger partial charge in [0, 0.05) is 13.1 Å². The van der Waals surface area contributed by atoms with Crippen LogP contribution in [-0.2, 0) is 9.84 Å². The minimum Gasteiger partial charge on any atom is -0.390 e. The van der Waals surface area contributed by atoms with Gasteiger partial charge < -0.3 is 10.2 Å². The van der Waals surface area contributed by atoms with E-state index in [0.29, 0.717) is 13.1 Å². The lowest BCUT2D eigenvalue weighted by atomic mass is 10.2. The van der Waals surface area contributed by atoms with E-state index in [0.717, 1.165) is 0 Å². The molecule has 3 atom stereocenters. The molecule has 0 bridgehead atoms. The zero-order chi connectivity index (χ0) is 10.3. The molecule has 0 saturated carbocycles. The fourth-order valence-electron chi connectivity index (χ4n) is 2.04. The van der Waals surface area contributed by atoms with Crippen molar-refractivity contribution in [3.05, 3.63) is 0 Å². The summed E-state index contributed by atoms with van der Waals surface area (Å²) in [6, 6.07) is -0.468. The second kappa shape index (κ2) is 3.42. The van der Waals surface area contributed by atoms with Crippen molar-refractivity contribution in [3.8, 4) is 0 Å². The standard InChI is InChI=1S/C7H14N2O4S/c10-6-4-14(12,13)3-5(6)9-2-1-8-7(9)11/h5-8,10-11H,1-4H2/t5-,6+,7+/m1/s1. The average molecular weight is 222 g/mol. The van der Waals surface area contributed by atoms with Gasteiger partial charge in [-0.25, -0.2) is 8.42 Å². The lowest BCUT2D eigenvalue weighted by molar-refractivity contribution is -0.0294. The zero-order valence-electron chi connectivity index (χ0n) is 7.63. The fourth-order valence-corrected chi connectivity index (χ4v) is 3.85. The topological polar surface area (TPSA) is 89.9 Å². The molecule has 2 aliphatic rings. The lowest BCUT2D eigenvalue weighted by Crippen LogP contribution is -2.48. The first kappa shape index (κ1) is 10.3. The largest absolute Gasteiger partial charge is 0.390 e. The van der Waals surface area contributed by atoms with Gasteiger partial charge in [0.2, 0.25) is 0 Å². The zero-order valence-corrected chi connectivity index (χ0v) is 8.44. The molecular formula is C7H14N2O4S. The van der Waals surface area contributed by atoms with Crippen molar-refractivity contribution < 1.29 is 18.6 Å². The summed E-state index contributed by atoms with van der Waals surface area (Å²) in [6.45, 7) is 1.18. The van der Waals surface area contributed by atoms with Crippen molar-refractivity contribution in [2.75, 3.05) is 24.6 Å². The molecule has 2 saturated heterocycles. The van der Waals surface area contributed by atoms with Gasteiger partial charge in [-0.15, -0.1) is 0 Å². The summed E-state index contributed by atoms with van der Waals surface area (Å²) in [4.78, 5) is 1.59. The van der Waals surface area contributed by atoms with Crippen LogP contribution in [0.15, 0.2) is 0 Å².